The summed E-state index contributed by atoms with van der Waals surface area (Å²) in [4.78, 5) is 15.2. The number of hydrogen-bond acceptors (Lipinski definition) is 3. The molecule has 0 aliphatic heterocycles. The van der Waals surface area contributed by atoms with E-state index in [4.69, 9.17) is 9.84 Å². The van der Waals surface area contributed by atoms with Gasteiger partial charge in [-0.2, -0.15) is 0 Å². The van der Waals surface area contributed by atoms with Crippen LogP contribution in [0.15, 0.2) is 30.6 Å². The number of carbonyl (C=O) groups is 1. The van der Waals surface area contributed by atoms with Gasteiger partial charge in [-0.25, -0.2) is 9.78 Å². The Morgan fingerprint density at radius 2 is 2.28 bits per heavy atom. The molecule has 1 aromatic carbocycles. The Morgan fingerprint density at radius 1 is 1.50 bits per heavy atom. The highest BCUT2D eigenvalue weighted by Crippen LogP contribution is 2.21. The molecule has 0 fully saturated rings. The SMILES string of the molecule is Cc1ccc(OCc2nccn2C)c(C(=O)O)c1. The lowest BCUT2D eigenvalue weighted by Crippen LogP contribution is -2.07. The largest absolute Gasteiger partial charge is 0.485 e. The van der Waals surface area contributed by atoms with Gasteiger partial charge in [-0.3, -0.25) is 0 Å². The van der Waals surface area contributed by atoms with E-state index in [1.54, 1.807) is 18.3 Å². The van der Waals surface area contributed by atoms with Gasteiger partial charge in [-0.15, -0.1) is 0 Å². The molecule has 0 aliphatic carbocycles. The summed E-state index contributed by atoms with van der Waals surface area (Å²) in [5, 5.41) is 9.10. The molecule has 1 heterocycles. The number of ether oxygens (including phenoxy) is 1. The third kappa shape index (κ3) is 2.51. The molecule has 5 heteroatoms. The zero-order valence-electron chi connectivity index (χ0n) is 10.3. The van der Waals surface area contributed by atoms with Gasteiger partial charge in [0.15, 0.2) is 0 Å². The van der Waals surface area contributed by atoms with E-state index in [1.165, 1.54) is 0 Å². The normalized spacial score (nSPS) is 10.3. The van der Waals surface area contributed by atoms with Crippen LogP contribution in [0.25, 0.3) is 0 Å². The Bertz CT molecular complexity index is 575. The number of nitrogens with zero attached hydrogens (tertiary/aromatic N) is 2. The summed E-state index contributed by atoms with van der Waals surface area (Å²) in [6.45, 7) is 2.09. The molecule has 0 radical (unpaired) electrons. The molecule has 0 spiro atoms. The zero-order chi connectivity index (χ0) is 13.1. The molecular formula is C13H14N2O3. The number of carboxylic acids is 1. The van der Waals surface area contributed by atoms with E-state index in [2.05, 4.69) is 4.98 Å². The van der Waals surface area contributed by atoms with E-state index >= 15 is 0 Å². The second-order valence-electron chi connectivity index (χ2n) is 4.05. The van der Waals surface area contributed by atoms with Crippen molar-refractivity contribution >= 4 is 5.97 Å². The van der Waals surface area contributed by atoms with Gasteiger partial charge in [0.25, 0.3) is 0 Å². The first-order valence-corrected chi connectivity index (χ1v) is 5.51. The first-order valence-electron chi connectivity index (χ1n) is 5.51. The van der Waals surface area contributed by atoms with E-state index in [0.29, 0.717) is 5.75 Å². The van der Waals surface area contributed by atoms with Gasteiger partial charge in [0.2, 0.25) is 0 Å². The summed E-state index contributed by atoms with van der Waals surface area (Å²) in [5.41, 5.74) is 1.06. The molecule has 1 aromatic heterocycles. The van der Waals surface area contributed by atoms with Crippen LogP contribution in [0.1, 0.15) is 21.7 Å². The quantitative estimate of drug-likeness (QED) is 0.896. The molecule has 0 amide bonds. The maximum absolute atomic E-state index is 11.1. The third-order valence-corrected chi connectivity index (χ3v) is 2.64. The average Bonchev–Trinajstić information content (AvgIpc) is 2.73. The van der Waals surface area contributed by atoms with Crippen LogP contribution in [-0.2, 0) is 13.7 Å². The Morgan fingerprint density at radius 3 is 2.89 bits per heavy atom. The lowest BCUT2D eigenvalue weighted by Gasteiger charge is -2.09. The third-order valence-electron chi connectivity index (χ3n) is 2.64. The van der Waals surface area contributed by atoms with E-state index in [-0.39, 0.29) is 12.2 Å². The average molecular weight is 246 g/mol. The number of aromatic nitrogens is 2. The predicted octanol–water partition coefficient (Wildman–Crippen LogP) is 2.01. The fourth-order valence-electron chi connectivity index (χ4n) is 1.61. The highest BCUT2D eigenvalue weighted by molar-refractivity contribution is 5.91. The van der Waals surface area contributed by atoms with Gasteiger partial charge >= 0.3 is 5.97 Å². The van der Waals surface area contributed by atoms with Crippen molar-refractivity contribution in [2.24, 2.45) is 7.05 Å². The Labute approximate surface area is 105 Å². The molecule has 2 aromatic rings. The molecule has 0 saturated carbocycles. The van der Waals surface area contributed by atoms with Crippen LogP contribution in [0.3, 0.4) is 0 Å². The van der Waals surface area contributed by atoms with Gasteiger partial charge in [0.1, 0.15) is 23.7 Å². The van der Waals surface area contributed by atoms with Crippen molar-refractivity contribution in [1.29, 1.82) is 0 Å². The molecule has 2 rings (SSSR count). The van der Waals surface area contributed by atoms with Crippen LogP contribution >= 0.6 is 0 Å². The smallest absolute Gasteiger partial charge is 0.339 e. The number of aryl methyl sites for hydroxylation is 2. The van der Waals surface area contributed by atoms with Crippen LogP contribution in [0.4, 0.5) is 0 Å². The van der Waals surface area contributed by atoms with Gasteiger partial charge in [-0.05, 0) is 19.1 Å². The number of rotatable bonds is 4. The van der Waals surface area contributed by atoms with Crippen molar-refractivity contribution in [3.8, 4) is 5.75 Å². The Kier molecular flexibility index (Phi) is 3.32. The van der Waals surface area contributed by atoms with Crippen LogP contribution in [0.5, 0.6) is 5.75 Å². The summed E-state index contributed by atoms with van der Waals surface area (Å²) in [6, 6.07) is 5.08. The second kappa shape index (κ2) is 4.91. The summed E-state index contributed by atoms with van der Waals surface area (Å²) < 4.78 is 7.34. The van der Waals surface area contributed by atoms with E-state index < -0.39 is 5.97 Å². The van der Waals surface area contributed by atoms with Crippen LogP contribution in [0, 0.1) is 6.92 Å². The molecule has 0 aliphatic rings. The van der Waals surface area contributed by atoms with E-state index in [0.717, 1.165) is 11.4 Å². The van der Waals surface area contributed by atoms with Crippen molar-refractivity contribution in [1.82, 2.24) is 9.55 Å². The lowest BCUT2D eigenvalue weighted by molar-refractivity contribution is 0.0691. The van der Waals surface area contributed by atoms with Crippen LogP contribution in [-0.4, -0.2) is 20.6 Å². The summed E-state index contributed by atoms with van der Waals surface area (Å²) >= 11 is 0. The Hall–Kier alpha value is -2.30. The zero-order valence-corrected chi connectivity index (χ0v) is 10.3. The maximum atomic E-state index is 11.1. The molecule has 18 heavy (non-hydrogen) atoms. The predicted molar refractivity (Wildman–Crippen MR) is 65.7 cm³/mol. The minimum absolute atomic E-state index is 0.171. The molecule has 1 N–H and O–H groups in total. The molecule has 0 saturated heterocycles. The standard InChI is InChI=1S/C13H14N2O3/c1-9-3-4-11(10(7-9)13(16)17)18-8-12-14-5-6-15(12)2/h3-7H,8H2,1-2H3,(H,16,17). The second-order valence-corrected chi connectivity index (χ2v) is 4.05. The number of imidazole rings is 1. The summed E-state index contributed by atoms with van der Waals surface area (Å²) in [6.07, 6.45) is 3.48. The number of carboxylic acid groups (broad SMARTS) is 1. The fraction of sp³-hybridized carbons (Fsp3) is 0.231. The number of benzene rings is 1. The van der Waals surface area contributed by atoms with Gasteiger partial charge in [0.05, 0.1) is 0 Å². The first-order chi connectivity index (χ1) is 8.58. The van der Waals surface area contributed by atoms with Crippen molar-refractivity contribution in [2.45, 2.75) is 13.5 Å². The highest BCUT2D eigenvalue weighted by atomic mass is 16.5. The number of aromatic carboxylic acids is 1. The summed E-state index contributed by atoms with van der Waals surface area (Å²) in [5.74, 6) is 0.108. The molecule has 5 nitrogen and oxygen atoms in total. The van der Waals surface area contributed by atoms with E-state index in [9.17, 15) is 4.79 Å². The van der Waals surface area contributed by atoms with Crippen molar-refractivity contribution < 1.29 is 14.6 Å². The first kappa shape index (κ1) is 12.2. The monoisotopic (exact) mass is 246 g/mol. The molecule has 0 unspecified atom stereocenters. The molecule has 94 valence electrons. The Balaban J connectivity index is 2.19. The molecule has 0 bridgehead atoms. The highest BCUT2D eigenvalue weighted by Gasteiger charge is 2.12. The van der Waals surface area contributed by atoms with Gasteiger partial charge < -0.3 is 14.4 Å². The minimum Gasteiger partial charge on any atom is -0.485 e. The van der Waals surface area contributed by atoms with Crippen molar-refractivity contribution in [3.63, 3.8) is 0 Å². The van der Waals surface area contributed by atoms with Gasteiger partial charge in [0, 0.05) is 19.4 Å². The number of hydrogen-bond donors (Lipinski definition) is 1. The molecule has 0 atom stereocenters. The van der Waals surface area contributed by atoms with Crippen LogP contribution in [0.2, 0.25) is 0 Å². The molecular weight excluding hydrogens is 232 g/mol. The lowest BCUT2D eigenvalue weighted by atomic mass is 10.1. The fourth-order valence-corrected chi connectivity index (χ4v) is 1.61. The van der Waals surface area contributed by atoms with Crippen LogP contribution < -0.4 is 4.74 Å². The maximum Gasteiger partial charge on any atom is 0.339 e. The van der Waals surface area contributed by atoms with E-state index in [1.807, 2.05) is 30.8 Å². The van der Waals surface area contributed by atoms with Crippen molar-refractivity contribution in [2.75, 3.05) is 0 Å². The minimum atomic E-state index is -0.992. The topological polar surface area (TPSA) is 64.4 Å². The van der Waals surface area contributed by atoms with Gasteiger partial charge in [-0.1, -0.05) is 11.6 Å². The summed E-state index contributed by atoms with van der Waals surface area (Å²) in [7, 11) is 1.86. The van der Waals surface area contributed by atoms with Crippen molar-refractivity contribution in [3.05, 3.63) is 47.5 Å².